The molecule has 0 aliphatic carbocycles. The van der Waals surface area contributed by atoms with Crippen molar-refractivity contribution in [1.29, 1.82) is 0 Å². The number of hydrogen-bond acceptors (Lipinski definition) is 4. The fraction of sp³-hybridized carbons (Fsp3) is 0.381. The molecule has 2 rings (SSSR count). The second-order valence-electron chi connectivity index (χ2n) is 5.96. The van der Waals surface area contributed by atoms with Gasteiger partial charge in [0.2, 0.25) is 0 Å². The van der Waals surface area contributed by atoms with Gasteiger partial charge in [0.05, 0.1) is 7.11 Å². The van der Waals surface area contributed by atoms with Crippen LogP contribution in [0.15, 0.2) is 48.5 Å². The minimum atomic E-state index is -0.482. The molecule has 0 unspecified atom stereocenters. The molecule has 2 aromatic carbocycles. The molecule has 0 spiro atoms. The Hall–Kier alpha value is -2.14. The SMILES string of the molecule is CC[C@H](Oc1ccc(OC)cc1)C(=O)NCCSCc1ccccc1C. The van der Waals surface area contributed by atoms with E-state index < -0.39 is 6.10 Å². The number of nitrogens with one attached hydrogen (secondary N) is 1. The number of hydrogen-bond donors (Lipinski definition) is 1. The summed E-state index contributed by atoms with van der Waals surface area (Å²) >= 11 is 1.82. The van der Waals surface area contributed by atoms with Crippen molar-refractivity contribution in [2.45, 2.75) is 32.1 Å². The average Bonchev–Trinajstić information content (AvgIpc) is 2.67. The van der Waals surface area contributed by atoms with Gasteiger partial charge in [-0.25, -0.2) is 0 Å². The van der Waals surface area contributed by atoms with Crippen molar-refractivity contribution < 1.29 is 14.3 Å². The number of carbonyl (C=O) groups excluding carboxylic acids is 1. The van der Waals surface area contributed by atoms with Gasteiger partial charge in [-0.15, -0.1) is 0 Å². The molecule has 4 nitrogen and oxygen atoms in total. The Labute approximate surface area is 160 Å². The Balaban J connectivity index is 1.71. The topological polar surface area (TPSA) is 47.6 Å². The first-order valence-electron chi connectivity index (χ1n) is 8.84. The molecular weight excluding hydrogens is 346 g/mol. The molecular formula is C21H27NO3S. The van der Waals surface area contributed by atoms with Crippen LogP contribution in [0.1, 0.15) is 24.5 Å². The molecule has 0 bridgehead atoms. The number of methoxy groups -OCH3 is 1. The van der Waals surface area contributed by atoms with Crippen LogP contribution in [-0.4, -0.2) is 31.4 Å². The van der Waals surface area contributed by atoms with Crippen LogP contribution in [0.4, 0.5) is 0 Å². The predicted octanol–water partition coefficient (Wildman–Crippen LogP) is 4.21. The quantitative estimate of drug-likeness (QED) is 0.634. The molecule has 2 aromatic rings. The van der Waals surface area contributed by atoms with Crippen LogP contribution in [0.2, 0.25) is 0 Å². The van der Waals surface area contributed by atoms with E-state index in [0.717, 1.165) is 17.3 Å². The maximum atomic E-state index is 12.3. The van der Waals surface area contributed by atoms with Gasteiger partial charge in [-0.3, -0.25) is 4.79 Å². The highest BCUT2D eigenvalue weighted by molar-refractivity contribution is 7.98. The molecule has 0 heterocycles. The summed E-state index contributed by atoms with van der Waals surface area (Å²) in [6.45, 7) is 4.71. The van der Waals surface area contributed by atoms with E-state index in [1.165, 1.54) is 11.1 Å². The maximum Gasteiger partial charge on any atom is 0.261 e. The number of benzene rings is 2. The number of ether oxygens (including phenoxy) is 2. The second kappa shape index (κ2) is 10.8. The number of aryl methyl sites for hydroxylation is 1. The highest BCUT2D eigenvalue weighted by Crippen LogP contribution is 2.19. The summed E-state index contributed by atoms with van der Waals surface area (Å²) in [5.74, 6) is 3.20. The number of thioether (sulfide) groups is 1. The molecule has 0 radical (unpaired) electrons. The smallest absolute Gasteiger partial charge is 0.261 e. The third kappa shape index (κ3) is 6.30. The summed E-state index contributed by atoms with van der Waals surface area (Å²) in [5, 5.41) is 2.97. The van der Waals surface area contributed by atoms with Crippen LogP contribution in [0, 0.1) is 6.92 Å². The zero-order chi connectivity index (χ0) is 18.8. The van der Waals surface area contributed by atoms with Crippen LogP contribution in [0.3, 0.4) is 0 Å². The molecule has 0 fully saturated rings. The monoisotopic (exact) mass is 373 g/mol. The normalized spacial score (nSPS) is 11.7. The van der Waals surface area contributed by atoms with E-state index in [1.54, 1.807) is 7.11 Å². The number of rotatable bonds is 10. The van der Waals surface area contributed by atoms with Crippen LogP contribution in [0.5, 0.6) is 11.5 Å². The van der Waals surface area contributed by atoms with Crippen LogP contribution >= 0.6 is 11.8 Å². The van der Waals surface area contributed by atoms with Crippen LogP contribution < -0.4 is 14.8 Å². The number of carbonyl (C=O) groups is 1. The lowest BCUT2D eigenvalue weighted by molar-refractivity contribution is -0.127. The lowest BCUT2D eigenvalue weighted by Crippen LogP contribution is -2.39. The van der Waals surface area contributed by atoms with E-state index >= 15 is 0 Å². The summed E-state index contributed by atoms with van der Waals surface area (Å²) in [7, 11) is 1.62. The summed E-state index contributed by atoms with van der Waals surface area (Å²) in [6.07, 6.45) is 0.138. The zero-order valence-electron chi connectivity index (χ0n) is 15.7. The van der Waals surface area contributed by atoms with E-state index in [4.69, 9.17) is 9.47 Å². The minimum absolute atomic E-state index is 0.0696. The van der Waals surface area contributed by atoms with Crippen molar-refractivity contribution in [3.8, 4) is 11.5 Å². The minimum Gasteiger partial charge on any atom is -0.497 e. The summed E-state index contributed by atoms with van der Waals surface area (Å²) < 4.78 is 10.9. The molecule has 0 aromatic heterocycles. The zero-order valence-corrected chi connectivity index (χ0v) is 16.5. The van der Waals surface area contributed by atoms with E-state index in [9.17, 15) is 4.79 Å². The van der Waals surface area contributed by atoms with Gasteiger partial charge in [0.25, 0.3) is 5.91 Å². The Morgan fingerprint density at radius 3 is 2.46 bits per heavy atom. The van der Waals surface area contributed by atoms with Crippen molar-refractivity contribution in [3.05, 3.63) is 59.7 Å². The predicted molar refractivity (Wildman–Crippen MR) is 108 cm³/mol. The third-order valence-corrected chi connectivity index (χ3v) is 5.07. The Morgan fingerprint density at radius 1 is 1.12 bits per heavy atom. The Kier molecular flexibility index (Phi) is 8.35. The first kappa shape index (κ1) is 20.2. The standard InChI is InChI=1S/C21H27NO3S/c1-4-20(25-19-11-9-18(24-3)10-12-19)21(23)22-13-14-26-15-17-8-6-5-7-16(17)2/h5-12,20H,4,13-15H2,1-3H3,(H,22,23)/t20-/m0/s1. The lowest BCUT2D eigenvalue weighted by Gasteiger charge is -2.17. The molecule has 0 aliphatic heterocycles. The van der Waals surface area contributed by atoms with Crippen molar-refractivity contribution in [1.82, 2.24) is 5.32 Å². The number of amides is 1. The van der Waals surface area contributed by atoms with Crippen molar-refractivity contribution in [2.24, 2.45) is 0 Å². The van der Waals surface area contributed by atoms with Gasteiger partial charge >= 0.3 is 0 Å². The molecule has 1 atom stereocenters. The molecule has 0 saturated carbocycles. The molecule has 26 heavy (non-hydrogen) atoms. The molecule has 140 valence electrons. The summed E-state index contributed by atoms with van der Waals surface area (Å²) in [6, 6.07) is 15.7. The van der Waals surface area contributed by atoms with E-state index in [1.807, 2.05) is 43.0 Å². The fourth-order valence-electron chi connectivity index (χ4n) is 2.46. The third-order valence-electron chi connectivity index (χ3n) is 4.07. The summed E-state index contributed by atoms with van der Waals surface area (Å²) in [5.41, 5.74) is 2.65. The average molecular weight is 374 g/mol. The Morgan fingerprint density at radius 2 is 1.81 bits per heavy atom. The van der Waals surface area contributed by atoms with Gasteiger partial charge in [0, 0.05) is 18.1 Å². The highest BCUT2D eigenvalue weighted by Gasteiger charge is 2.17. The van der Waals surface area contributed by atoms with Crippen molar-refractivity contribution in [3.63, 3.8) is 0 Å². The van der Waals surface area contributed by atoms with Gasteiger partial charge in [-0.05, 0) is 48.7 Å². The van der Waals surface area contributed by atoms with Crippen LogP contribution in [0.25, 0.3) is 0 Å². The molecule has 1 amide bonds. The van der Waals surface area contributed by atoms with Gasteiger partial charge < -0.3 is 14.8 Å². The van der Waals surface area contributed by atoms with Gasteiger partial charge in [0.15, 0.2) is 6.10 Å². The van der Waals surface area contributed by atoms with Crippen molar-refractivity contribution in [2.75, 3.05) is 19.4 Å². The van der Waals surface area contributed by atoms with Crippen LogP contribution in [-0.2, 0) is 10.5 Å². The van der Waals surface area contributed by atoms with E-state index in [-0.39, 0.29) is 5.91 Å². The van der Waals surface area contributed by atoms with Gasteiger partial charge in [-0.2, -0.15) is 11.8 Å². The lowest BCUT2D eigenvalue weighted by atomic mass is 10.1. The van der Waals surface area contributed by atoms with E-state index in [0.29, 0.717) is 18.7 Å². The second-order valence-corrected chi connectivity index (χ2v) is 7.07. The maximum absolute atomic E-state index is 12.3. The molecule has 0 saturated heterocycles. The molecule has 5 heteroatoms. The van der Waals surface area contributed by atoms with Gasteiger partial charge in [-0.1, -0.05) is 31.2 Å². The van der Waals surface area contributed by atoms with Crippen molar-refractivity contribution >= 4 is 17.7 Å². The first-order valence-corrected chi connectivity index (χ1v) is 10.00. The fourth-order valence-corrected chi connectivity index (χ4v) is 3.39. The van der Waals surface area contributed by atoms with Gasteiger partial charge in [0.1, 0.15) is 11.5 Å². The van der Waals surface area contributed by atoms with E-state index in [2.05, 4.69) is 36.5 Å². The first-order chi connectivity index (χ1) is 12.6. The molecule has 0 aliphatic rings. The highest BCUT2D eigenvalue weighted by atomic mass is 32.2. The molecule has 1 N–H and O–H groups in total. The Bertz CT molecular complexity index is 688. The summed E-state index contributed by atoms with van der Waals surface area (Å²) in [4.78, 5) is 12.3. The largest absolute Gasteiger partial charge is 0.497 e.